The third kappa shape index (κ3) is 6.37. The van der Waals surface area contributed by atoms with E-state index in [1.165, 1.54) is 44.6 Å². The average molecular weight is 717 g/mol. The predicted molar refractivity (Wildman–Crippen MR) is 164 cm³/mol. The van der Waals surface area contributed by atoms with Gasteiger partial charge >= 0.3 is 12.4 Å². The van der Waals surface area contributed by atoms with E-state index in [1.807, 2.05) is 0 Å². The molecule has 0 aliphatic carbocycles. The van der Waals surface area contributed by atoms with Crippen LogP contribution >= 0.6 is 22.9 Å². The first-order chi connectivity index (χ1) is 22.0. The first kappa shape index (κ1) is 34.4. The number of hydrogen-bond acceptors (Lipinski definition) is 7. The summed E-state index contributed by atoms with van der Waals surface area (Å²) in [7, 11) is -1.53. The van der Waals surface area contributed by atoms with E-state index in [4.69, 9.17) is 21.1 Å². The second kappa shape index (κ2) is 12.6. The summed E-state index contributed by atoms with van der Waals surface area (Å²) in [5, 5.41) is 10.7. The Morgan fingerprint density at radius 1 is 0.872 bits per heavy atom. The number of sulfonamides is 1. The van der Waals surface area contributed by atoms with E-state index in [0.29, 0.717) is 38.4 Å². The summed E-state index contributed by atoms with van der Waals surface area (Å²) in [6.45, 7) is 0. The van der Waals surface area contributed by atoms with Gasteiger partial charge in [0.25, 0.3) is 5.60 Å². The second-order valence-electron chi connectivity index (χ2n) is 10.1. The Bertz CT molecular complexity index is 2040. The number of halogens is 7. The maximum atomic E-state index is 13.7. The van der Waals surface area contributed by atoms with Crippen molar-refractivity contribution in [1.29, 1.82) is 0 Å². The van der Waals surface area contributed by atoms with E-state index in [-0.39, 0.29) is 26.9 Å². The fourth-order valence-corrected chi connectivity index (χ4v) is 7.69. The normalized spacial score (nSPS) is 13.5. The number of nitrogens with zero attached hydrogens (tertiary/aromatic N) is 1. The van der Waals surface area contributed by atoms with Crippen molar-refractivity contribution in [3.05, 3.63) is 106 Å². The number of methoxy groups -OCH3 is 2. The van der Waals surface area contributed by atoms with Gasteiger partial charge in [-0.3, -0.25) is 4.98 Å². The lowest BCUT2D eigenvalue weighted by Gasteiger charge is -2.32. The monoisotopic (exact) mass is 716 g/mol. The van der Waals surface area contributed by atoms with Gasteiger partial charge in [-0.15, -0.1) is 11.3 Å². The molecule has 0 amide bonds. The highest BCUT2D eigenvalue weighted by Gasteiger charge is 2.71. The number of aromatic nitrogens is 1. The summed E-state index contributed by atoms with van der Waals surface area (Å²) in [6, 6.07) is 16.6. The Morgan fingerprint density at radius 3 is 2.19 bits per heavy atom. The highest BCUT2D eigenvalue weighted by Crippen LogP contribution is 2.50. The SMILES string of the molecule is COc1ccc(S(=O)(=O)NC(c2cc3cccc(-c4cc(C(O)(C(F)(F)F)C(F)(F)F)ccn4)c3s2)c2ccccc2Cl)cc1OC. The van der Waals surface area contributed by atoms with Crippen molar-refractivity contribution in [3.8, 4) is 22.8 Å². The maximum Gasteiger partial charge on any atom is 0.430 e. The molecule has 0 saturated carbocycles. The molecular weight excluding hydrogens is 694 g/mol. The van der Waals surface area contributed by atoms with Crippen molar-refractivity contribution < 1.29 is 49.3 Å². The molecule has 16 heteroatoms. The minimum atomic E-state index is -6.08. The summed E-state index contributed by atoms with van der Waals surface area (Å²) < 4.78 is 123. The van der Waals surface area contributed by atoms with Crippen LogP contribution in [0, 0.1) is 0 Å². The molecular formula is C31H23ClF6N2O5S2. The van der Waals surface area contributed by atoms with Crippen molar-refractivity contribution in [2.45, 2.75) is 28.9 Å². The molecule has 3 aromatic carbocycles. The van der Waals surface area contributed by atoms with Crippen LogP contribution in [0.5, 0.6) is 11.5 Å². The topological polar surface area (TPSA) is 97.8 Å². The molecule has 248 valence electrons. The molecule has 2 aromatic heterocycles. The lowest BCUT2D eigenvalue weighted by molar-refractivity contribution is -0.376. The summed E-state index contributed by atoms with van der Waals surface area (Å²) in [5.41, 5.74) is -6.38. The molecule has 0 radical (unpaired) electrons. The van der Waals surface area contributed by atoms with E-state index in [2.05, 4.69) is 9.71 Å². The largest absolute Gasteiger partial charge is 0.493 e. The number of nitrogens with one attached hydrogen (secondary N) is 1. The minimum Gasteiger partial charge on any atom is -0.493 e. The number of fused-ring (bicyclic) bond motifs is 1. The lowest BCUT2D eigenvalue weighted by Crippen LogP contribution is -2.53. The van der Waals surface area contributed by atoms with E-state index in [0.717, 1.165) is 17.5 Å². The Hall–Kier alpha value is -3.89. The first-order valence-electron chi connectivity index (χ1n) is 13.4. The van der Waals surface area contributed by atoms with Crippen molar-refractivity contribution >= 4 is 43.0 Å². The van der Waals surface area contributed by atoms with Crippen LogP contribution in [0.4, 0.5) is 26.3 Å². The van der Waals surface area contributed by atoms with Crippen LogP contribution in [0.15, 0.2) is 90.0 Å². The van der Waals surface area contributed by atoms with E-state index in [9.17, 15) is 39.9 Å². The molecule has 1 unspecified atom stereocenters. The fraction of sp³-hybridized carbons (Fsp3) is 0.194. The highest BCUT2D eigenvalue weighted by molar-refractivity contribution is 7.89. The van der Waals surface area contributed by atoms with E-state index >= 15 is 0 Å². The predicted octanol–water partition coefficient (Wildman–Crippen LogP) is 8.01. The molecule has 5 rings (SSSR count). The van der Waals surface area contributed by atoms with Crippen molar-refractivity contribution in [2.75, 3.05) is 14.2 Å². The van der Waals surface area contributed by atoms with Gasteiger partial charge in [0.2, 0.25) is 10.0 Å². The van der Waals surface area contributed by atoms with Crippen LogP contribution in [0.25, 0.3) is 21.3 Å². The molecule has 0 aliphatic heterocycles. The van der Waals surface area contributed by atoms with Gasteiger partial charge < -0.3 is 14.6 Å². The number of aliphatic hydroxyl groups is 1. The molecule has 0 saturated heterocycles. The molecule has 0 aliphatic rings. The Labute approximate surface area is 273 Å². The van der Waals surface area contributed by atoms with Crippen molar-refractivity contribution in [2.24, 2.45) is 0 Å². The van der Waals surface area contributed by atoms with Crippen LogP contribution in [0.3, 0.4) is 0 Å². The molecule has 2 heterocycles. The molecule has 0 spiro atoms. The van der Waals surface area contributed by atoms with Gasteiger partial charge in [0.1, 0.15) is 0 Å². The Balaban J connectivity index is 1.64. The summed E-state index contributed by atoms with van der Waals surface area (Å²) >= 11 is 7.53. The Kier molecular flexibility index (Phi) is 9.25. The van der Waals surface area contributed by atoms with Crippen LogP contribution in [0.2, 0.25) is 5.02 Å². The zero-order chi connectivity index (χ0) is 34.4. The molecule has 5 aromatic rings. The van der Waals surface area contributed by atoms with Gasteiger partial charge in [-0.1, -0.05) is 48.0 Å². The van der Waals surface area contributed by atoms with Gasteiger partial charge in [-0.25, -0.2) is 8.42 Å². The van der Waals surface area contributed by atoms with Crippen LogP contribution in [0.1, 0.15) is 22.0 Å². The summed E-state index contributed by atoms with van der Waals surface area (Å²) in [4.78, 5) is 4.24. The number of pyridine rings is 1. The third-order valence-corrected chi connectivity index (χ3v) is 10.3. The standard InChI is InChI=1S/C31H23ClF6N2O5S2/c1-44-24-11-10-19(16-25(24)45-2)47(42,43)40-27(20-7-3-4-9-22(20)32)26-14-17-6-5-8-21(28(17)46-26)23-15-18(12-13-39-23)29(41,30(33,34)35)31(36,37)38/h3-16,27,40-41H,1-2H3. The molecule has 0 fully saturated rings. The van der Waals surface area contributed by atoms with Gasteiger partial charge in [0.05, 0.1) is 30.9 Å². The maximum absolute atomic E-state index is 13.7. The van der Waals surface area contributed by atoms with Crippen LogP contribution in [-0.4, -0.2) is 45.1 Å². The molecule has 1 atom stereocenters. The number of rotatable bonds is 9. The number of alkyl halides is 6. The van der Waals surface area contributed by atoms with Crippen LogP contribution < -0.4 is 14.2 Å². The van der Waals surface area contributed by atoms with Gasteiger partial charge in [-0.05, 0) is 47.3 Å². The smallest absolute Gasteiger partial charge is 0.430 e. The van der Waals surface area contributed by atoms with Gasteiger partial charge in [0.15, 0.2) is 11.5 Å². The Morgan fingerprint density at radius 2 is 1.55 bits per heavy atom. The van der Waals surface area contributed by atoms with Crippen molar-refractivity contribution in [1.82, 2.24) is 9.71 Å². The molecule has 0 bridgehead atoms. The third-order valence-electron chi connectivity index (χ3n) is 7.28. The van der Waals surface area contributed by atoms with Crippen LogP contribution in [-0.2, 0) is 15.6 Å². The average Bonchev–Trinajstić information content (AvgIpc) is 3.46. The minimum absolute atomic E-state index is 0.146. The number of hydrogen-bond donors (Lipinski definition) is 2. The van der Waals surface area contributed by atoms with E-state index < -0.39 is 39.6 Å². The summed E-state index contributed by atoms with van der Waals surface area (Å²) in [5.74, 6) is 0.460. The lowest BCUT2D eigenvalue weighted by atomic mass is 9.91. The fourth-order valence-electron chi connectivity index (χ4n) is 4.91. The van der Waals surface area contributed by atoms with E-state index in [1.54, 1.807) is 36.4 Å². The second-order valence-corrected chi connectivity index (χ2v) is 13.3. The number of thiophene rings is 1. The van der Waals surface area contributed by atoms with Gasteiger partial charge in [-0.2, -0.15) is 31.1 Å². The quantitative estimate of drug-likeness (QED) is 0.150. The molecule has 7 nitrogen and oxygen atoms in total. The summed E-state index contributed by atoms with van der Waals surface area (Å²) in [6.07, 6.45) is -11.4. The number of ether oxygens (including phenoxy) is 2. The first-order valence-corrected chi connectivity index (χ1v) is 16.0. The zero-order valence-corrected chi connectivity index (χ0v) is 26.5. The molecule has 47 heavy (non-hydrogen) atoms. The van der Waals surface area contributed by atoms with Crippen molar-refractivity contribution in [3.63, 3.8) is 0 Å². The highest BCUT2D eigenvalue weighted by atomic mass is 35.5. The number of benzene rings is 3. The zero-order valence-electron chi connectivity index (χ0n) is 24.1. The molecule has 2 N–H and O–H groups in total. The van der Waals surface area contributed by atoms with Gasteiger partial charge in [0, 0.05) is 38.0 Å².